The molecule has 3 aromatic heterocycles. The molecule has 0 fully saturated rings. The fourth-order valence-electron chi connectivity index (χ4n) is 3.39. The summed E-state index contributed by atoms with van der Waals surface area (Å²) in [4.78, 5) is 23.7. The molecule has 0 spiro atoms. The molecule has 0 aliphatic carbocycles. The van der Waals surface area contributed by atoms with Crippen molar-refractivity contribution in [1.29, 1.82) is 0 Å². The monoisotopic (exact) mass is 446 g/mol. The maximum absolute atomic E-state index is 13.4. The quantitative estimate of drug-likeness (QED) is 0.473. The molecule has 0 bridgehead atoms. The first-order chi connectivity index (χ1) is 15.6. The van der Waals surface area contributed by atoms with Gasteiger partial charge in [-0.2, -0.15) is 0 Å². The Balaban J connectivity index is 1.74. The summed E-state index contributed by atoms with van der Waals surface area (Å²) in [6.45, 7) is 7.50. The molecule has 1 aromatic carbocycles. The van der Waals surface area contributed by atoms with Crippen molar-refractivity contribution >= 4 is 5.91 Å². The molecule has 3 heterocycles. The van der Waals surface area contributed by atoms with Crippen LogP contribution in [0, 0.1) is 13.8 Å². The van der Waals surface area contributed by atoms with E-state index in [4.69, 9.17) is 14.6 Å². The Kier molecular flexibility index (Phi) is 5.82. The van der Waals surface area contributed by atoms with Crippen LogP contribution in [0.25, 0.3) is 22.7 Å². The summed E-state index contributed by atoms with van der Waals surface area (Å²) >= 11 is 0. The number of hydrogen-bond donors (Lipinski definition) is 1. The zero-order valence-electron chi connectivity index (χ0n) is 19.3. The molecule has 4 aromatic rings. The number of nitrogens with two attached hydrogens (primary N) is 1. The normalized spacial score (nSPS) is 11.6. The molecule has 33 heavy (non-hydrogen) atoms. The van der Waals surface area contributed by atoms with Crippen molar-refractivity contribution in [3.63, 3.8) is 0 Å². The zero-order valence-corrected chi connectivity index (χ0v) is 19.3. The molecule has 2 N–H and O–H groups in total. The van der Waals surface area contributed by atoms with Crippen LogP contribution in [0.2, 0.25) is 0 Å². The van der Waals surface area contributed by atoms with Gasteiger partial charge in [0, 0.05) is 36.9 Å². The van der Waals surface area contributed by atoms with Crippen molar-refractivity contribution in [3.8, 4) is 22.7 Å². The number of rotatable bonds is 6. The van der Waals surface area contributed by atoms with Gasteiger partial charge < -0.3 is 19.5 Å². The average molecular weight is 447 g/mol. The minimum atomic E-state index is -0.781. The third kappa shape index (κ3) is 4.83. The second-order valence-corrected chi connectivity index (χ2v) is 8.55. The number of carbonyl (C=O) groups excluding carboxylic acids is 1. The molecule has 0 saturated carbocycles. The van der Waals surface area contributed by atoms with Crippen LogP contribution in [0.1, 0.15) is 47.4 Å². The number of hydrogen-bond acceptors (Lipinski definition) is 8. The average Bonchev–Trinajstić information content (AvgIpc) is 3.40. The SMILES string of the molecule is Cc1nc(CN(C)C(=O)c2cc(-c3ccccn3)cc(-c3nnc(C(C)(C)N)o3)c2)c(C)o1. The van der Waals surface area contributed by atoms with E-state index in [9.17, 15) is 4.79 Å². The van der Waals surface area contributed by atoms with Crippen LogP contribution in [0.5, 0.6) is 0 Å². The molecule has 0 atom stereocenters. The van der Waals surface area contributed by atoms with Crippen LogP contribution in [0.3, 0.4) is 0 Å². The van der Waals surface area contributed by atoms with E-state index < -0.39 is 5.54 Å². The third-order valence-electron chi connectivity index (χ3n) is 5.10. The number of oxazole rings is 1. The number of pyridine rings is 1. The van der Waals surface area contributed by atoms with E-state index in [2.05, 4.69) is 20.2 Å². The molecular weight excluding hydrogens is 420 g/mol. The predicted octanol–water partition coefficient (Wildman–Crippen LogP) is 3.87. The van der Waals surface area contributed by atoms with Gasteiger partial charge in [-0.25, -0.2) is 4.98 Å². The summed E-state index contributed by atoms with van der Waals surface area (Å²) < 4.78 is 11.3. The fraction of sp³-hybridized carbons (Fsp3) is 0.292. The summed E-state index contributed by atoms with van der Waals surface area (Å²) in [6, 6.07) is 11.0. The van der Waals surface area contributed by atoms with E-state index in [1.807, 2.05) is 31.2 Å². The minimum absolute atomic E-state index is 0.187. The topological polar surface area (TPSA) is 124 Å². The molecule has 1 amide bonds. The molecule has 0 aliphatic heterocycles. The smallest absolute Gasteiger partial charge is 0.253 e. The van der Waals surface area contributed by atoms with Crippen LogP contribution in [-0.2, 0) is 12.1 Å². The number of aryl methyl sites for hydroxylation is 2. The number of carbonyl (C=O) groups is 1. The Bertz CT molecular complexity index is 1290. The van der Waals surface area contributed by atoms with Crippen LogP contribution < -0.4 is 5.73 Å². The molecule has 0 saturated heterocycles. The molecule has 170 valence electrons. The van der Waals surface area contributed by atoms with Gasteiger partial charge in [0.15, 0.2) is 5.89 Å². The maximum atomic E-state index is 13.4. The summed E-state index contributed by atoms with van der Waals surface area (Å²) in [5, 5.41) is 8.22. The van der Waals surface area contributed by atoms with E-state index in [0.29, 0.717) is 35.2 Å². The summed E-state index contributed by atoms with van der Waals surface area (Å²) in [5.41, 5.74) is 8.57. The van der Waals surface area contributed by atoms with E-state index in [0.717, 1.165) is 17.0 Å². The fourth-order valence-corrected chi connectivity index (χ4v) is 3.39. The van der Waals surface area contributed by atoms with E-state index >= 15 is 0 Å². The lowest BCUT2D eigenvalue weighted by atomic mass is 10.0. The van der Waals surface area contributed by atoms with Crippen molar-refractivity contribution in [1.82, 2.24) is 25.1 Å². The maximum Gasteiger partial charge on any atom is 0.253 e. The Morgan fingerprint density at radius 2 is 1.85 bits per heavy atom. The van der Waals surface area contributed by atoms with Gasteiger partial charge in [-0.1, -0.05) is 6.07 Å². The highest BCUT2D eigenvalue weighted by atomic mass is 16.4. The van der Waals surface area contributed by atoms with Crippen molar-refractivity contribution in [2.75, 3.05) is 7.05 Å². The van der Waals surface area contributed by atoms with E-state index in [-0.39, 0.29) is 11.8 Å². The lowest BCUT2D eigenvalue weighted by Gasteiger charge is -2.17. The first-order valence-electron chi connectivity index (χ1n) is 10.5. The Labute approximate surface area is 191 Å². The van der Waals surface area contributed by atoms with Gasteiger partial charge >= 0.3 is 0 Å². The van der Waals surface area contributed by atoms with Gasteiger partial charge in [0.2, 0.25) is 11.8 Å². The molecule has 0 radical (unpaired) electrons. The van der Waals surface area contributed by atoms with Crippen LogP contribution in [0.4, 0.5) is 0 Å². The van der Waals surface area contributed by atoms with Crippen molar-refractivity contribution in [2.45, 2.75) is 39.8 Å². The Morgan fingerprint density at radius 1 is 1.09 bits per heavy atom. The standard InChI is InChI=1S/C24H26N6O3/c1-14-20(27-15(2)32-14)13-30(5)22(31)18-11-16(19-8-6-7-9-26-19)10-17(12-18)21-28-29-23(33-21)24(3,4)25/h6-12H,13,25H2,1-5H3. The molecule has 9 nitrogen and oxygen atoms in total. The summed E-state index contributed by atoms with van der Waals surface area (Å²) in [6.07, 6.45) is 1.70. The van der Waals surface area contributed by atoms with Gasteiger partial charge in [0.25, 0.3) is 5.91 Å². The zero-order chi connectivity index (χ0) is 23.8. The lowest BCUT2D eigenvalue weighted by molar-refractivity contribution is 0.0783. The lowest BCUT2D eigenvalue weighted by Crippen LogP contribution is -2.29. The largest absolute Gasteiger partial charge is 0.446 e. The van der Waals surface area contributed by atoms with Crippen LogP contribution in [0.15, 0.2) is 51.4 Å². The number of amides is 1. The molecule has 0 aliphatic rings. The third-order valence-corrected chi connectivity index (χ3v) is 5.10. The highest BCUT2D eigenvalue weighted by Gasteiger charge is 2.24. The van der Waals surface area contributed by atoms with Crippen molar-refractivity contribution < 1.29 is 13.6 Å². The molecule has 4 rings (SSSR count). The second-order valence-electron chi connectivity index (χ2n) is 8.55. The van der Waals surface area contributed by atoms with Gasteiger partial charge in [-0.05, 0) is 51.1 Å². The van der Waals surface area contributed by atoms with Crippen LogP contribution in [-0.4, -0.2) is 38.0 Å². The highest BCUT2D eigenvalue weighted by molar-refractivity contribution is 5.96. The molecule has 9 heteroatoms. The van der Waals surface area contributed by atoms with E-state index in [1.165, 1.54) is 0 Å². The van der Waals surface area contributed by atoms with Gasteiger partial charge in [0.1, 0.15) is 11.5 Å². The predicted molar refractivity (Wildman–Crippen MR) is 122 cm³/mol. The number of benzene rings is 1. The highest BCUT2D eigenvalue weighted by Crippen LogP contribution is 2.29. The van der Waals surface area contributed by atoms with E-state index in [1.54, 1.807) is 51.0 Å². The molecular formula is C24H26N6O3. The second kappa shape index (κ2) is 8.59. The molecule has 0 unspecified atom stereocenters. The Hall–Kier alpha value is -3.85. The Morgan fingerprint density at radius 3 is 2.45 bits per heavy atom. The van der Waals surface area contributed by atoms with Gasteiger partial charge in [0.05, 0.1) is 17.8 Å². The number of nitrogens with zero attached hydrogens (tertiary/aromatic N) is 5. The minimum Gasteiger partial charge on any atom is -0.446 e. The summed E-state index contributed by atoms with van der Waals surface area (Å²) in [5.74, 6) is 1.66. The van der Waals surface area contributed by atoms with Gasteiger partial charge in [-0.15, -0.1) is 10.2 Å². The van der Waals surface area contributed by atoms with Gasteiger partial charge in [-0.3, -0.25) is 9.78 Å². The first-order valence-corrected chi connectivity index (χ1v) is 10.5. The number of aromatic nitrogens is 4. The van der Waals surface area contributed by atoms with Crippen LogP contribution >= 0.6 is 0 Å². The van der Waals surface area contributed by atoms with Crippen molar-refractivity contribution in [3.05, 3.63) is 71.4 Å². The van der Waals surface area contributed by atoms with Crippen molar-refractivity contribution in [2.24, 2.45) is 5.73 Å². The summed E-state index contributed by atoms with van der Waals surface area (Å²) in [7, 11) is 1.72. The first kappa shape index (κ1) is 22.3.